The summed E-state index contributed by atoms with van der Waals surface area (Å²) in [6.45, 7) is 6.45. The van der Waals surface area contributed by atoms with Crippen LogP contribution in [-0.4, -0.2) is 149 Å². The van der Waals surface area contributed by atoms with Gasteiger partial charge in [-0.05, 0) is 88.1 Å². The van der Waals surface area contributed by atoms with E-state index < -0.39 is 60.0 Å². The SMILES string of the molecule is CC(C)(CO)NC(=O)N(c1ccc(-c2nc(N3CCOCC3)cc(C3(S(C)(=O)=O)CCCC3)n2)cc1)N(C(=O)NCCO)c1ccc(-c2nc(N3CCOCC3)cc(C3(S(C)(=O)=O)CCCC3)n2)cc1. The fourth-order valence-electron chi connectivity index (χ4n) is 9.80. The second-order valence-corrected chi connectivity index (χ2v) is 23.8. The molecule has 0 radical (unpaired) electrons. The first-order valence-corrected chi connectivity index (χ1v) is 27.6. The van der Waals surface area contributed by atoms with Crippen molar-refractivity contribution in [3.63, 3.8) is 0 Å². The molecule has 2 saturated heterocycles. The van der Waals surface area contributed by atoms with E-state index >= 15 is 0 Å². The van der Waals surface area contributed by atoms with Crippen molar-refractivity contribution in [3.8, 4) is 22.8 Å². The minimum Gasteiger partial charge on any atom is -0.395 e. The van der Waals surface area contributed by atoms with Crippen LogP contribution in [0.3, 0.4) is 0 Å². The number of nitrogens with zero attached hydrogens (tertiary/aromatic N) is 8. The van der Waals surface area contributed by atoms with E-state index in [4.69, 9.17) is 29.4 Å². The van der Waals surface area contributed by atoms with Crippen LogP contribution in [0.2, 0.25) is 0 Å². The molecule has 0 spiro atoms. The third-order valence-electron chi connectivity index (χ3n) is 13.8. The van der Waals surface area contributed by atoms with E-state index in [2.05, 4.69) is 10.6 Å². The highest BCUT2D eigenvalue weighted by atomic mass is 32.2. The molecule has 0 atom stereocenters. The number of rotatable bonds is 14. The van der Waals surface area contributed by atoms with Crippen LogP contribution in [0, 0.1) is 0 Å². The number of hydrazine groups is 1. The number of benzene rings is 2. The van der Waals surface area contributed by atoms with Crippen LogP contribution in [0.5, 0.6) is 0 Å². The predicted octanol–water partition coefficient (Wildman–Crippen LogP) is 4.31. The Kier molecular flexibility index (Phi) is 15.0. The van der Waals surface area contributed by atoms with Crippen molar-refractivity contribution in [1.82, 2.24) is 30.6 Å². The minimum atomic E-state index is -3.59. The Hall–Kier alpha value is -5.52. The monoisotopic (exact) mass is 1000 g/mol. The van der Waals surface area contributed by atoms with Crippen molar-refractivity contribution >= 4 is 54.7 Å². The maximum atomic E-state index is 14.6. The van der Waals surface area contributed by atoms with Gasteiger partial charge in [-0.3, -0.25) is 0 Å². The Labute approximate surface area is 409 Å². The van der Waals surface area contributed by atoms with Crippen molar-refractivity contribution in [2.24, 2.45) is 0 Å². The third kappa shape index (κ3) is 10.4. The molecule has 4 amide bonds. The van der Waals surface area contributed by atoms with Gasteiger partial charge in [0.1, 0.15) is 21.1 Å². The van der Waals surface area contributed by atoms with Gasteiger partial charge in [-0.15, -0.1) is 0 Å². The molecule has 22 heteroatoms. The molecule has 4 heterocycles. The fourth-order valence-corrected chi connectivity index (χ4v) is 12.8. The number of nitrogens with one attached hydrogen (secondary N) is 2. The topological polar surface area (TPSA) is 250 Å². The average Bonchev–Trinajstić information content (AvgIpc) is 4.09. The molecule has 0 unspecified atom stereocenters. The lowest BCUT2D eigenvalue weighted by atomic mass is 10.0. The number of aliphatic hydroxyl groups is 2. The molecular weight excluding hydrogens is 941 g/mol. The zero-order valence-corrected chi connectivity index (χ0v) is 41.9. The van der Waals surface area contributed by atoms with Gasteiger partial charge >= 0.3 is 12.1 Å². The molecule has 0 bridgehead atoms. The number of morpholine rings is 2. The summed E-state index contributed by atoms with van der Waals surface area (Å²) in [6.07, 6.45) is 7.24. The highest BCUT2D eigenvalue weighted by molar-refractivity contribution is 7.92. The number of ether oxygens (including phenoxy) is 2. The van der Waals surface area contributed by atoms with Crippen molar-refractivity contribution in [3.05, 3.63) is 72.1 Å². The predicted molar refractivity (Wildman–Crippen MR) is 266 cm³/mol. The van der Waals surface area contributed by atoms with Crippen LogP contribution in [0.25, 0.3) is 22.8 Å². The van der Waals surface area contributed by atoms with E-state index in [1.807, 2.05) is 9.80 Å². The highest BCUT2D eigenvalue weighted by Crippen LogP contribution is 2.47. The van der Waals surface area contributed by atoms with Gasteiger partial charge in [0.05, 0.1) is 67.9 Å². The number of amides is 4. The molecule has 4 N–H and O–H groups in total. The summed E-state index contributed by atoms with van der Waals surface area (Å²) in [7, 11) is -7.19. The highest BCUT2D eigenvalue weighted by Gasteiger charge is 2.48. The first-order valence-electron chi connectivity index (χ1n) is 23.9. The van der Waals surface area contributed by atoms with Crippen LogP contribution in [0.4, 0.5) is 32.6 Å². The summed E-state index contributed by atoms with van der Waals surface area (Å²) in [5.41, 5.74) is 1.17. The van der Waals surface area contributed by atoms with Crippen LogP contribution >= 0.6 is 0 Å². The van der Waals surface area contributed by atoms with Gasteiger partial charge in [0.15, 0.2) is 31.3 Å². The number of sulfone groups is 2. The lowest BCUT2D eigenvalue weighted by Crippen LogP contribution is -2.61. The van der Waals surface area contributed by atoms with Crippen LogP contribution in [-0.2, 0) is 38.6 Å². The lowest BCUT2D eigenvalue weighted by Gasteiger charge is -2.37. The van der Waals surface area contributed by atoms with E-state index in [0.29, 0.717) is 112 Å². The lowest BCUT2D eigenvalue weighted by molar-refractivity contribution is 0.122. The number of aromatic nitrogens is 4. The number of anilines is 4. The molecule has 4 aromatic rings. The van der Waals surface area contributed by atoms with E-state index in [-0.39, 0.29) is 29.6 Å². The van der Waals surface area contributed by atoms with E-state index in [9.17, 15) is 36.6 Å². The van der Waals surface area contributed by atoms with Gasteiger partial charge in [0.25, 0.3) is 0 Å². The summed E-state index contributed by atoms with van der Waals surface area (Å²) in [4.78, 5) is 52.8. The molecule has 4 aliphatic rings. The van der Waals surface area contributed by atoms with Crippen molar-refractivity contribution < 1.29 is 46.1 Å². The second kappa shape index (κ2) is 20.7. The first-order chi connectivity index (χ1) is 33.4. The summed E-state index contributed by atoms with van der Waals surface area (Å²) >= 11 is 0. The quantitative estimate of drug-likeness (QED) is 0.129. The largest absolute Gasteiger partial charge is 0.395 e. The Morgan fingerprint density at radius 1 is 0.643 bits per heavy atom. The fraction of sp³-hybridized carbons (Fsp3) is 0.542. The number of hydrogen-bond donors (Lipinski definition) is 4. The minimum absolute atomic E-state index is 0.148. The maximum Gasteiger partial charge on any atom is 0.341 e. The molecule has 2 aromatic heterocycles. The van der Waals surface area contributed by atoms with Gasteiger partial charge < -0.3 is 40.1 Å². The molecule has 4 fully saturated rings. The second-order valence-electron chi connectivity index (χ2n) is 19.2. The van der Waals surface area contributed by atoms with Crippen LogP contribution < -0.4 is 30.5 Å². The van der Waals surface area contributed by atoms with Crippen molar-refractivity contribution in [1.29, 1.82) is 0 Å². The third-order valence-corrected chi connectivity index (χ3v) is 17.9. The summed E-state index contributed by atoms with van der Waals surface area (Å²) in [5, 5.41) is 27.7. The van der Waals surface area contributed by atoms with Crippen LogP contribution in [0.15, 0.2) is 60.7 Å². The van der Waals surface area contributed by atoms with Gasteiger partial charge in [0, 0.05) is 68.5 Å². The Morgan fingerprint density at radius 3 is 1.39 bits per heavy atom. The van der Waals surface area contributed by atoms with Gasteiger partial charge in [-0.2, -0.15) is 10.0 Å². The van der Waals surface area contributed by atoms with E-state index in [1.165, 1.54) is 12.5 Å². The average molecular weight is 1010 g/mol. The normalized spacial score (nSPS) is 18.4. The Bertz CT molecular complexity index is 2740. The number of carbonyl (C=O) groups excluding carboxylic acids is 2. The molecule has 2 aliphatic carbocycles. The number of aliphatic hydroxyl groups excluding tert-OH is 2. The molecule has 2 aliphatic heterocycles. The zero-order chi connectivity index (χ0) is 49.9. The molecule has 20 nitrogen and oxygen atoms in total. The van der Waals surface area contributed by atoms with E-state index in [1.54, 1.807) is 74.5 Å². The van der Waals surface area contributed by atoms with E-state index in [0.717, 1.165) is 35.7 Å². The van der Waals surface area contributed by atoms with Crippen molar-refractivity contribution in [2.75, 3.05) is 105 Å². The molecule has 70 heavy (non-hydrogen) atoms. The molecular formula is C48H64N10O10S2. The van der Waals surface area contributed by atoms with Gasteiger partial charge in [0.2, 0.25) is 0 Å². The molecule has 8 rings (SSSR count). The smallest absolute Gasteiger partial charge is 0.341 e. The number of carbonyl (C=O) groups is 2. The molecule has 2 aromatic carbocycles. The number of hydrogen-bond acceptors (Lipinski definition) is 16. The standard InChI is InChI=1S/C48H64N10O10S2/c1-46(2,33-60)54-45(62)58(37-15-11-35(12-16-37)43-51-39(48(70(4,65)66)19-7-8-20-48)32-41(53-43)56-24-29-68-30-25-56)57(44(61)49-21-26-59)36-13-9-34(10-14-36)42-50-38(47(69(3,63)64)17-5-6-18-47)31-40(52-42)55-22-27-67-28-23-55/h9-16,31-32,59-60H,5-8,17-30,33H2,1-4H3,(H,49,61)(H,54,62). The Balaban J connectivity index is 1.21. The Morgan fingerprint density at radius 2 is 1.03 bits per heavy atom. The molecule has 2 saturated carbocycles. The van der Waals surface area contributed by atoms with Gasteiger partial charge in [-0.25, -0.2) is 46.4 Å². The summed E-state index contributed by atoms with van der Waals surface area (Å²) in [5.74, 6) is 1.72. The first kappa shape index (κ1) is 50.9. The summed E-state index contributed by atoms with van der Waals surface area (Å²) in [6, 6.07) is 15.2. The zero-order valence-electron chi connectivity index (χ0n) is 40.3. The number of urea groups is 2. The van der Waals surface area contributed by atoms with Crippen LogP contribution in [0.1, 0.15) is 76.6 Å². The molecule has 378 valence electrons. The van der Waals surface area contributed by atoms with Gasteiger partial charge in [-0.1, -0.05) is 25.7 Å². The maximum absolute atomic E-state index is 14.6. The summed E-state index contributed by atoms with van der Waals surface area (Å²) < 4.78 is 63.0. The van der Waals surface area contributed by atoms with Crippen molar-refractivity contribution in [2.45, 2.75) is 80.2 Å².